The molecule has 0 N–H and O–H groups in total. The van der Waals surface area contributed by atoms with Crippen LogP contribution in [0, 0.1) is 17.8 Å². The van der Waals surface area contributed by atoms with Crippen molar-refractivity contribution < 1.29 is 4.74 Å². The average Bonchev–Trinajstić information content (AvgIpc) is 2.16. The standard InChI is InChI=1S/C13H25ClO/c1-10(2)8-13(14)15-9-12-6-4-11(3)5-7-12/h10-13H,4-9H2,1-3H3. The second-order valence-electron chi connectivity index (χ2n) is 5.50. The molecule has 0 saturated heterocycles. The van der Waals surface area contributed by atoms with Crippen LogP contribution in [0.25, 0.3) is 0 Å². The first-order valence-corrected chi connectivity index (χ1v) is 6.77. The van der Waals surface area contributed by atoms with E-state index in [0.717, 1.165) is 24.9 Å². The second-order valence-corrected chi connectivity index (χ2v) is 5.99. The molecular formula is C13H25ClO. The highest BCUT2D eigenvalue weighted by molar-refractivity contribution is 6.19. The minimum absolute atomic E-state index is 0.0793. The van der Waals surface area contributed by atoms with E-state index >= 15 is 0 Å². The molecule has 90 valence electrons. The number of rotatable bonds is 5. The Morgan fingerprint density at radius 2 is 1.80 bits per heavy atom. The molecule has 0 aromatic heterocycles. The number of halogens is 1. The third-order valence-corrected chi connectivity index (χ3v) is 3.61. The van der Waals surface area contributed by atoms with Crippen molar-refractivity contribution in [2.45, 2.75) is 58.4 Å². The van der Waals surface area contributed by atoms with Gasteiger partial charge in [0.25, 0.3) is 0 Å². The topological polar surface area (TPSA) is 9.23 Å². The molecule has 2 heteroatoms. The highest BCUT2D eigenvalue weighted by Gasteiger charge is 2.19. The summed E-state index contributed by atoms with van der Waals surface area (Å²) >= 11 is 6.10. The molecule has 1 aliphatic rings. The summed E-state index contributed by atoms with van der Waals surface area (Å²) in [6, 6.07) is 0. The molecule has 0 bridgehead atoms. The van der Waals surface area contributed by atoms with Crippen molar-refractivity contribution in [2.75, 3.05) is 6.61 Å². The Labute approximate surface area is 99.5 Å². The molecule has 1 saturated carbocycles. The third kappa shape index (κ3) is 5.77. The lowest BCUT2D eigenvalue weighted by atomic mass is 9.83. The summed E-state index contributed by atoms with van der Waals surface area (Å²) in [4.78, 5) is 0. The zero-order valence-electron chi connectivity index (χ0n) is 10.3. The zero-order chi connectivity index (χ0) is 11.3. The SMILES string of the molecule is CC(C)CC(Cl)OCC1CCC(C)CC1. The van der Waals surface area contributed by atoms with Crippen LogP contribution in [-0.2, 0) is 4.74 Å². The van der Waals surface area contributed by atoms with Gasteiger partial charge in [0.05, 0.1) is 6.61 Å². The van der Waals surface area contributed by atoms with Crippen LogP contribution < -0.4 is 0 Å². The Kier molecular flexibility index (Phi) is 5.99. The van der Waals surface area contributed by atoms with Gasteiger partial charge < -0.3 is 4.74 Å². The van der Waals surface area contributed by atoms with Gasteiger partial charge in [0, 0.05) is 0 Å². The van der Waals surface area contributed by atoms with Gasteiger partial charge in [0.2, 0.25) is 0 Å². The summed E-state index contributed by atoms with van der Waals surface area (Å²) in [7, 11) is 0. The predicted molar refractivity (Wildman–Crippen MR) is 66.2 cm³/mol. The van der Waals surface area contributed by atoms with Gasteiger partial charge in [-0.15, -0.1) is 0 Å². The van der Waals surface area contributed by atoms with Gasteiger partial charge in [0.1, 0.15) is 5.56 Å². The molecular weight excluding hydrogens is 208 g/mol. The molecule has 0 amide bonds. The fourth-order valence-corrected chi connectivity index (χ4v) is 2.60. The van der Waals surface area contributed by atoms with Gasteiger partial charge in [0.15, 0.2) is 0 Å². The molecule has 0 radical (unpaired) electrons. The van der Waals surface area contributed by atoms with Crippen molar-refractivity contribution in [1.29, 1.82) is 0 Å². The lowest BCUT2D eigenvalue weighted by molar-refractivity contribution is 0.0500. The van der Waals surface area contributed by atoms with Crippen LogP contribution in [0.4, 0.5) is 0 Å². The Bertz CT molecular complexity index is 162. The number of ether oxygens (including phenoxy) is 1. The van der Waals surface area contributed by atoms with Crippen LogP contribution >= 0.6 is 11.6 Å². The van der Waals surface area contributed by atoms with E-state index in [1.54, 1.807) is 0 Å². The molecule has 1 aliphatic carbocycles. The van der Waals surface area contributed by atoms with E-state index in [1.807, 2.05) is 0 Å². The van der Waals surface area contributed by atoms with Crippen LogP contribution in [-0.4, -0.2) is 12.2 Å². The van der Waals surface area contributed by atoms with Crippen LogP contribution in [0.1, 0.15) is 52.9 Å². The van der Waals surface area contributed by atoms with Crippen LogP contribution in [0.3, 0.4) is 0 Å². The molecule has 0 heterocycles. The predicted octanol–water partition coefficient (Wildman–Crippen LogP) is 4.44. The maximum Gasteiger partial charge on any atom is 0.131 e. The minimum atomic E-state index is -0.0793. The quantitative estimate of drug-likeness (QED) is 0.637. The normalized spacial score (nSPS) is 29.4. The second kappa shape index (κ2) is 6.75. The summed E-state index contributed by atoms with van der Waals surface area (Å²) in [5, 5.41) is 0. The van der Waals surface area contributed by atoms with E-state index in [9.17, 15) is 0 Å². The first-order valence-electron chi connectivity index (χ1n) is 6.33. The van der Waals surface area contributed by atoms with Crippen molar-refractivity contribution in [1.82, 2.24) is 0 Å². The number of hydrogen-bond donors (Lipinski definition) is 0. The molecule has 1 nitrogen and oxygen atoms in total. The van der Waals surface area contributed by atoms with E-state index in [4.69, 9.17) is 16.3 Å². The summed E-state index contributed by atoms with van der Waals surface area (Å²) < 4.78 is 5.69. The zero-order valence-corrected chi connectivity index (χ0v) is 11.1. The minimum Gasteiger partial charge on any atom is -0.362 e. The molecule has 0 aliphatic heterocycles. The lowest BCUT2D eigenvalue weighted by Crippen LogP contribution is -2.20. The third-order valence-electron chi connectivity index (χ3n) is 3.30. The molecule has 0 aromatic rings. The van der Waals surface area contributed by atoms with Crippen molar-refractivity contribution in [3.8, 4) is 0 Å². The molecule has 1 unspecified atom stereocenters. The van der Waals surface area contributed by atoms with Gasteiger partial charge in [-0.2, -0.15) is 0 Å². The van der Waals surface area contributed by atoms with Gasteiger partial charge in [-0.25, -0.2) is 0 Å². The molecule has 1 atom stereocenters. The summed E-state index contributed by atoms with van der Waals surface area (Å²) in [5.74, 6) is 2.30. The summed E-state index contributed by atoms with van der Waals surface area (Å²) in [5.41, 5.74) is -0.0793. The van der Waals surface area contributed by atoms with Crippen molar-refractivity contribution in [3.05, 3.63) is 0 Å². The Balaban J connectivity index is 2.09. The van der Waals surface area contributed by atoms with Gasteiger partial charge in [-0.05, 0) is 37.0 Å². The largest absolute Gasteiger partial charge is 0.362 e. The van der Waals surface area contributed by atoms with Crippen LogP contribution in [0.2, 0.25) is 0 Å². The summed E-state index contributed by atoms with van der Waals surface area (Å²) in [6.45, 7) is 7.58. The van der Waals surface area contributed by atoms with E-state index in [1.165, 1.54) is 25.7 Å². The fraction of sp³-hybridized carbons (Fsp3) is 1.00. The highest BCUT2D eigenvalue weighted by atomic mass is 35.5. The maximum absolute atomic E-state index is 6.10. The Hall–Kier alpha value is 0.250. The number of hydrogen-bond acceptors (Lipinski definition) is 1. The fourth-order valence-electron chi connectivity index (χ4n) is 2.17. The summed E-state index contributed by atoms with van der Waals surface area (Å²) in [6.07, 6.45) is 6.35. The van der Waals surface area contributed by atoms with Crippen molar-refractivity contribution >= 4 is 11.6 Å². The highest BCUT2D eigenvalue weighted by Crippen LogP contribution is 2.29. The van der Waals surface area contributed by atoms with Crippen LogP contribution in [0.5, 0.6) is 0 Å². The van der Waals surface area contributed by atoms with E-state index in [2.05, 4.69) is 20.8 Å². The number of alkyl halides is 1. The monoisotopic (exact) mass is 232 g/mol. The van der Waals surface area contributed by atoms with Gasteiger partial charge in [-0.3, -0.25) is 0 Å². The maximum atomic E-state index is 6.10. The van der Waals surface area contributed by atoms with E-state index in [-0.39, 0.29) is 5.56 Å². The lowest BCUT2D eigenvalue weighted by Gasteiger charge is -2.26. The smallest absolute Gasteiger partial charge is 0.131 e. The Morgan fingerprint density at radius 1 is 1.20 bits per heavy atom. The average molecular weight is 233 g/mol. The Morgan fingerprint density at radius 3 is 2.33 bits per heavy atom. The first kappa shape index (κ1) is 13.3. The first-order chi connectivity index (χ1) is 7.08. The van der Waals surface area contributed by atoms with Crippen molar-refractivity contribution in [3.63, 3.8) is 0 Å². The molecule has 0 aromatic carbocycles. The van der Waals surface area contributed by atoms with Gasteiger partial charge >= 0.3 is 0 Å². The molecule has 0 spiro atoms. The molecule has 1 rings (SSSR count). The van der Waals surface area contributed by atoms with Crippen molar-refractivity contribution in [2.24, 2.45) is 17.8 Å². The molecule has 15 heavy (non-hydrogen) atoms. The van der Waals surface area contributed by atoms with E-state index < -0.39 is 0 Å². The molecule has 1 fully saturated rings. The van der Waals surface area contributed by atoms with Gasteiger partial charge in [-0.1, -0.05) is 45.2 Å². The van der Waals surface area contributed by atoms with Crippen LogP contribution in [0.15, 0.2) is 0 Å². The van der Waals surface area contributed by atoms with E-state index in [0.29, 0.717) is 5.92 Å².